The molecule has 0 aliphatic carbocycles. The summed E-state index contributed by atoms with van der Waals surface area (Å²) in [4.78, 5) is 33.0. The fourth-order valence-electron chi connectivity index (χ4n) is 4.35. The van der Waals surface area contributed by atoms with Crippen molar-refractivity contribution in [1.29, 1.82) is 0 Å². The standard InChI is InChI=1S/C28H26N2O5S/c1-5-34-19-11-12-20-22(14-19)36-28(29-20)30-24(18-9-7-17(8-10-18)15(2)3)23(26(32)27(30)33)25(31)21-13-6-16(4)35-21/h6-15,24,32H,5H2,1-4H3/t24-/m1/s1. The van der Waals surface area contributed by atoms with Crippen LogP contribution in [0.5, 0.6) is 5.75 Å². The van der Waals surface area contributed by atoms with E-state index in [1.54, 1.807) is 19.1 Å². The summed E-state index contributed by atoms with van der Waals surface area (Å²) in [6, 6.07) is 15.6. The molecule has 0 saturated carbocycles. The molecular weight excluding hydrogens is 476 g/mol. The van der Waals surface area contributed by atoms with E-state index in [0.717, 1.165) is 10.3 Å². The highest BCUT2D eigenvalue weighted by atomic mass is 32.1. The number of fused-ring (bicyclic) bond motifs is 1. The van der Waals surface area contributed by atoms with Crippen LogP contribution in [-0.4, -0.2) is 28.4 Å². The zero-order valence-corrected chi connectivity index (χ0v) is 21.3. The second-order valence-corrected chi connectivity index (χ2v) is 9.97. The molecule has 0 radical (unpaired) electrons. The van der Waals surface area contributed by atoms with Gasteiger partial charge in [-0.2, -0.15) is 0 Å². The van der Waals surface area contributed by atoms with E-state index in [2.05, 4.69) is 18.8 Å². The summed E-state index contributed by atoms with van der Waals surface area (Å²) < 4.78 is 12.0. The third kappa shape index (κ3) is 4.07. The van der Waals surface area contributed by atoms with Gasteiger partial charge in [0.25, 0.3) is 5.91 Å². The molecule has 2 aromatic carbocycles. The molecule has 2 aromatic heterocycles. The number of ketones is 1. The highest BCUT2D eigenvalue weighted by Gasteiger charge is 2.46. The molecule has 0 unspecified atom stereocenters. The van der Waals surface area contributed by atoms with Crippen LogP contribution >= 0.6 is 11.3 Å². The van der Waals surface area contributed by atoms with Crippen LogP contribution in [0.4, 0.5) is 5.13 Å². The molecule has 1 aliphatic rings. The topological polar surface area (TPSA) is 92.9 Å². The van der Waals surface area contributed by atoms with E-state index in [9.17, 15) is 14.7 Å². The van der Waals surface area contributed by atoms with Gasteiger partial charge in [0.2, 0.25) is 5.78 Å². The number of aromatic nitrogens is 1. The number of Topliss-reactive ketones (excluding diaryl/α,β-unsaturated/α-hetero) is 1. The van der Waals surface area contributed by atoms with Crippen molar-refractivity contribution in [2.45, 2.75) is 39.7 Å². The number of hydrogen-bond acceptors (Lipinski definition) is 7. The van der Waals surface area contributed by atoms with Gasteiger partial charge >= 0.3 is 0 Å². The van der Waals surface area contributed by atoms with Gasteiger partial charge in [0.1, 0.15) is 11.5 Å². The van der Waals surface area contributed by atoms with Gasteiger partial charge in [-0.05, 0) is 61.2 Å². The van der Waals surface area contributed by atoms with Crippen molar-refractivity contribution < 1.29 is 23.8 Å². The molecule has 1 aliphatic heterocycles. The van der Waals surface area contributed by atoms with Crippen molar-refractivity contribution in [3.8, 4) is 5.75 Å². The quantitative estimate of drug-likeness (QED) is 0.290. The lowest BCUT2D eigenvalue weighted by Crippen LogP contribution is -2.31. The number of furan rings is 1. The zero-order valence-electron chi connectivity index (χ0n) is 20.4. The minimum Gasteiger partial charge on any atom is -0.503 e. The number of thiazole rings is 1. The van der Waals surface area contributed by atoms with Crippen molar-refractivity contribution in [3.63, 3.8) is 0 Å². The van der Waals surface area contributed by atoms with Gasteiger partial charge in [-0.1, -0.05) is 49.4 Å². The van der Waals surface area contributed by atoms with Gasteiger partial charge in [0.15, 0.2) is 16.7 Å². The first-order chi connectivity index (χ1) is 17.3. The molecule has 7 nitrogen and oxygen atoms in total. The lowest BCUT2D eigenvalue weighted by atomic mass is 9.93. The number of rotatable bonds is 7. The van der Waals surface area contributed by atoms with E-state index in [1.807, 2.05) is 49.4 Å². The van der Waals surface area contributed by atoms with Crippen LogP contribution in [-0.2, 0) is 4.79 Å². The number of aliphatic hydroxyl groups is 1. The second kappa shape index (κ2) is 9.28. The third-order valence-electron chi connectivity index (χ3n) is 6.20. The van der Waals surface area contributed by atoms with Crippen molar-refractivity contribution in [1.82, 2.24) is 4.98 Å². The molecule has 5 rings (SSSR count). The first kappa shape index (κ1) is 23.8. The van der Waals surface area contributed by atoms with Crippen LogP contribution in [0.15, 0.2) is 70.3 Å². The van der Waals surface area contributed by atoms with Crippen LogP contribution in [0.3, 0.4) is 0 Å². The largest absolute Gasteiger partial charge is 0.503 e. The van der Waals surface area contributed by atoms with Crippen molar-refractivity contribution in [3.05, 3.63) is 88.6 Å². The minimum absolute atomic E-state index is 0.0269. The predicted octanol–water partition coefficient (Wildman–Crippen LogP) is 6.50. The Morgan fingerprint density at radius 2 is 1.92 bits per heavy atom. The monoisotopic (exact) mass is 502 g/mol. The van der Waals surface area contributed by atoms with Crippen LogP contribution in [0.1, 0.15) is 60.2 Å². The molecular formula is C28H26N2O5S. The molecule has 4 aromatic rings. The van der Waals surface area contributed by atoms with E-state index < -0.39 is 23.5 Å². The number of amides is 1. The molecule has 1 amide bonds. The summed E-state index contributed by atoms with van der Waals surface area (Å²) in [5, 5.41) is 11.4. The van der Waals surface area contributed by atoms with Crippen molar-refractivity contribution in [2.24, 2.45) is 0 Å². The van der Waals surface area contributed by atoms with Crippen LogP contribution in [0.25, 0.3) is 10.2 Å². The number of aliphatic hydroxyl groups excluding tert-OH is 1. The van der Waals surface area contributed by atoms with E-state index in [4.69, 9.17) is 9.15 Å². The minimum atomic E-state index is -0.858. The lowest BCUT2D eigenvalue weighted by Gasteiger charge is -2.24. The Balaban J connectivity index is 1.64. The van der Waals surface area contributed by atoms with Gasteiger partial charge < -0.3 is 14.3 Å². The molecule has 3 heterocycles. The predicted molar refractivity (Wildman–Crippen MR) is 139 cm³/mol. The zero-order chi connectivity index (χ0) is 25.6. The first-order valence-electron chi connectivity index (χ1n) is 11.8. The molecule has 1 N–H and O–H groups in total. The Kier molecular flexibility index (Phi) is 6.14. The van der Waals surface area contributed by atoms with E-state index >= 15 is 0 Å². The smallest absolute Gasteiger partial charge is 0.296 e. The van der Waals surface area contributed by atoms with Crippen molar-refractivity contribution >= 4 is 38.4 Å². The van der Waals surface area contributed by atoms with E-state index in [1.165, 1.54) is 16.2 Å². The van der Waals surface area contributed by atoms with Crippen LogP contribution < -0.4 is 9.64 Å². The summed E-state index contributed by atoms with van der Waals surface area (Å²) in [7, 11) is 0. The molecule has 0 saturated heterocycles. The van der Waals surface area contributed by atoms with Gasteiger partial charge in [-0.3, -0.25) is 14.5 Å². The molecule has 0 fully saturated rings. The van der Waals surface area contributed by atoms with E-state index in [0.29, 0.717) is 40.2 Å². The molecule has 36 heavy (non-hydrogen) atoms. The molecule has 0 bridgehead atoms. The average Bonchev–Trinajstić information content (AvgIpc) is 3.55. The summed E-state index contributed by atoms with van der Waals surface area (Å²) in [5.74, 6) is -0.148. The number of carbonyl (C=O) groups is 2. The fraction of sp³-hybridized carbons (Fsp3) is 0.250. The summed E-state index contributed by atoms with van der Waals surface area (Å²) in [6.07, 6.45) is 0. The molecule has 8 heteroatoms. The number of nitrogens with zero attached hydrogens (tertiary/aromatic N) is 2. The Labute approximate surface area is 212 Å². The number of hydrogen-bond donors (Lipinski definition) is 1. The summed E-state index contributed by atoms with van der Waals surface area (Å²) >= 11 is 1.30. The van der Waals surface area contributed by atoms with Crippen LogP contribution in [0, 0.1) is 6.92 Å². The molecule has 184 valence electrons. The number of carbonyl (C=O) groups excluding carboxylic acids is 2. The highest BCUT2D eigenvalue weighted by Crippen LogP contribution is 2.44. The highest BCUT2D eigenvalue weighted by molar-refractivity contribution is 7.22. The average molecular weight is 503 g/mol. The Morgan fingerprint density at radius 1 is 1.17 bits per heavy atom. The van der Waals surface area contributed by atoms with Gasteiger partial charge in [-0.15, -0.1) is 0 Å². The number of aryl methyl sites for hydroxylation is 1. The van der Waals surface area contributed by atoms with E-state index in [-0.39, 0.29) is 11.3 Å². The maximum absolute atomic E-state index is 13.5. The number of benzene rings is 2. The Hall–Kier alpha value is -3.91. The van der Waals surface area contributed by atoms with Gasteiger partial charge in [0.05, 0.1) is 28.4 Å². The normalized spacial score (nSPS) is 16.0. The van der Waals surface area contributed by atoms with Gasteiger partial charge in [0, 0.05) is 0 Å². The van der Waals surface area contributed by atoms with Crippen LogP contribution in [0.2, 0.25) is 0 Å². The maximum Gasteiger partial charge on any atom is 0.296 e. The maximum atomic E-state index is 13.5. The van der Waals surface area contributed by atoms with Gasteiger partial charge in [-0.25, -0.2) is 4.98 Å². The second-order valence-electron chi connectivity index (χ2n) is 8.96. The lowest BCUT2D eigenvalue weighted by molar-refractivity contribution is -0.117. The molecule has 1 atom stereocenters. The first-order valence-corrected chi connectivity index (χ1v) is 12.6. The van der Waals surface area contributed by atoms with Crippen molar-refractivity contribution in [2.75, 3.05) is 11.5 Å². The Morgan fingerprint density at radius 3 is 2.56 bits per heavy atom. The molecule has 0 spiro atoms. The number of ether oxygens (including phenoxy) is 1. The fourth-order valence-corrected chi connectivity index (χ4v) is 5.38. The third-order valence-corrected chi connectivity index (χ3v) is 7.22. The number of anilines is 1. The Bertz CT molecular complexity index is 1500. The summed E-state index contributed by atoms with van der Waals surface area (Å²) in [5.41, 5.74) is 2.49. The SMILES string of the molecule is CCOc1ccc2nc(N3C(=O)C(O)=C(C(=O)c4ccc(C)o4)[C@H]3c3ccc(C(C)C)cc3)sc2c1. The summed E-state index contributed by atoms with van der Waals surface area (Å²) in [6.45, 7) is 8.37.